The van der Waals surface area contributed by atoms with Crippen LogP contribution >= 0.6 is 11.8 Å². The van der Waals surface area contributed by atoms with Gasteiger partial charge in [-0.25, -0.2) is 0 Å². The summed E-state index contributed by atoms with van der Waals surface area (Å²) in [6.45, 7) is 1.74. The first-order valence-electron chi connectivity index (χ1n) is 8.82. The molecule has 2 aromatic carbocycles. The Kier molecular flexibility index (Phi) is 4.70. The zero-order chi connectivity index (χ0) is 18.1. The monoisotopic (exact) mass is 367 g/mol. The number of carbonyl (C=O) groups excluding carboxylic acids is 2. The zero-order valence-corrected chi connectivity index (χ0v) is 15.4. The van der Waals surface area contributed by atoms with Crippen LogP contribution < -0.4 is 10.6 Å². The molecule has 1 atom stereocenters. The molecule has 0 radical (unpaired) electrons. The van der Waals surface area contributed by atoms with Crippen LogP contribution in [0, 0.1) is 0 Å². The number of hydrogen-bond acceptors (Lipinski definition) is 4. The molecular formula is C20H21N3O2S. The van der Waals surface area contributed by atoms with Crippen LogP contribution in [-0.2, 0) is 0 Å². The third-order valence-corrected chi connectivity index (χ3v) is 6.16. The highest BCUT2D eigenvalue weighted by Gasteiger charge is 2.23. The Labute approximate surface area is 157 Å². The fourth-order valence-corrected chi connectivity index (χ4v) is 4.47. The van der Waals surface area contributed by atoms with E-state index in [0.717, 1.165) is 22.8 Å². The van der Waals surface area contributed by atoms with E-state index >= 15 is 0 Å². The molecule has 2 aliphatic rings. The summed E-state index contributed by atoms with van der Waals surface area (Å²) >= 11 is 1.54. The SMILES string of the molecule is CN1CCCC1CNC(=O)c1ccc2c(c1)NC(=O)c1ccccc1S2. The van der Waals surface area contributed by atoms with E-state index in [1.54, 1.807) is 6.07 Å². The summed E-state index contributed by atoms with van der Waals surface area (Å²) in [4.78, 5) is 29.1. The fourth-order valence-electron chi connectivity index (χ4n) is 3.46. The van der Waals surface area contributed by atoms with E-state index in [1.807, 2.05) is 36.4 Å². The molecule has 0 saturated carbocycles. The van der Waals surface area contributed by atoms with Gasteiger partial charge in [0.05, 0.1) is 11.3 Å². The van der Waals surface area contributed by atoms with Crippen molar-refractivity contribution in [3.8, 4) is 0 Å². The molecule has 1 saturated heterocycles. The lowest BCUT2D eigenvalue weighted by atomic mass is 10.1. The number of nitrogens with zero attached hydrogens (tertiary/aromatic N) is 1. The molecule has 2 heterocycles. The van der Waals surface area contributed by atoms with Crippen molar-refractivity contribution in [1.82, 2.24) is 10.2 Å². The molecule has 2 N–H and O–H groups in total. The maximum atomic E-state index is 12.5. The van der Waals surface area contributed by atoms with Crippen molar-refractivity contribution >= 4 is 29.3 Å². The van der Waals surface area contributed by atoms with Gasteiger partial charge in [-0.05, 0) is 56.8 Å². The summed E-state index contributed by atoms with van der Waals surface area (Å²) in [5.41, 5.74) is 1.90. The number of likely N-dealkylation sites (N-methyl/N-ethyl adjacent to an activating group) is 1. The number of carbonyl (C=O) groups is 2. The lowest BCUT2D eigenvalue weighted by molar-refractivity contribution is 0.0942. The fraction of sp³-hybridized carbons (Fsp3) is 0.300. The minimum atomic E-state index is -0.142. The average Bonchev–Trinajstić information content (AvgIpc) is 2.99. The molecule has 2 amide bonds. The number of benzene rings is 2. The Morgan fingerprint density at radius 3 is 2.92 bits per heavy atom. The van der Waals surface area contributed by atoms with Gasteiger partial charge in [-0.1, -0.05) is 23.9 Å². The van der Waals surface area contributed by atoms with Crippen LogP contribution in [0.5, 0.6) is 0 Å². The van der Waals surface area contributed by atoms with Crippen molar-refractivity contribution in [2.24, 2.45) is 0 Å². The van der Waals surface area contributed by atoms with Gasteiger partial charge in [0.2, 0.25) is 0 Å². The highest BCUT2D eigenvalue weighted by molar-refractivity contribution is 7.99. The van der Waals surface area contributed by atoms with Crippen LogP contribution in [-0.4, -0.2) is 42.9 Å². The van der Waals surface area contributed by atoms with Crippen LogP contribution in [0.15, 0.2) is 52.3 Å². The largest absolute Gasteiger partial charge is 0.350 e. The molecule has 0 bridgehead atoms. The molecular weight excluding hydrogens is 346 g/mol. The second-order valence-electron chi connectivity index (χ2n) is 6.75. The standard InChI is InChI=1S/C20H21N3O2S/c1-23-10-4-5-14(23)12-21-19(24)13-8-9-18-16(11-13)22-20(25)15-6-2-3-7-17(15)26-18/h2-3,6-9,11,14H,4-5,10,12H2,1H3,(H,21,24)(H,22,25). The molecule has 0 aromatic heterocycles. The van der Waals surface area contributed by atoms with E-state index in [2.05, 4.69) is 22.6 Å². The molecule has 5 nitrogen and oxygen atoms in total. The van der Waals surface area contributed by atoms with Crippen LogP contribution in [0.4, 0.5) is 5.69 Å². The first-order valence-corrected chi connectivity index (χ1v) is 9.64. The highest BCUT2D eigenvalue weighted by Crippen LogP contribution is 2.38. The van der Waals surface area contributed by atoms with E-state index in [4.69, 9.17) is 0 Å². The quantitative estimate of drug-likeness (QED) is 0.874. The van der Waals surface area contributed by atoms with Gasteiger partial charge in [0.25, 0.3) is 11.8 Å². The zero-order valence-electron chi connectivity index (χ0n) is 14.6. The molecule has 26 heavy (non-hydrogen) atoms. The Balaban J connectivity index is 1.51. The first kappa shape index (κ1) is 17.1. The molecule has 2 aliphatic heterocycles. The molecule has 134 valence electrons. The average molecular weight is 367 g/mol. The van der Waals surface area contributed by atoms with Gasteiger partial charge < -0.3 is 15.5 Å². The molecule has 6 heteroatoms. The van der Waals surface area contributed by atoms with Crippen molar-refractivity contribution in [3.05, 3.63) is 53.6 Å². The third-order valence-electron chi connectivity index (χ3n) is 5.01. The van der Waals surface area contributed by atoms with Crippen molar-refractivity contribution in [3.63, 3.8) is 0 Å². The second kappa shape index (κ2) is 7.13. The first-order chi connectivity index (χ1) is 12.6. The number of rotatable bonds is 3. The van der Waals surface area contributed by atoms with E-state index in [-0.39, 0.29) is 11.8 Å². The second-order valence-corrected chi connectivity index (χ2v) is 7.83. The number of likely N-dealkylation sites (tertiary alicyclic amines) is 1. The van der Waals surface area contributed by atoms with Gasteiger partial charge in [0, 0.05) is 27.9 Å². The topological polar surface area (TPSA) is 61.4 Å². The maximum Gasteiger partial charge on any atom is 0.256 e. The normalized spacial score (nSPS) is 19.3. The number of hydrogen-bond donors (Lipinski definition) is 2. The minimum Gasteiger partial charge on any atom is -0.350 e. The van der Waals surface area contributed by atoms with Gasteiger partial charge in [-0.15, -0.1) is 0 Å². The van der Waals surface area contributed by atoms with Gasteiger partial charge in [-0.2, -0.15) is 0 Å². The van der Waals surface area contributed by atoms with Crippen molar-refractivity contribution in [2.45, 2.75) is 28.7 Å². The maximum absolute atomic E-state index is 12.5. The van der Waals surface area contributed by atoms with E-state index in [9.17, 15) is 9.59 Å². The number of fused-ring (bicyclic) bond motifs is 2. The predicted octanol–water partition coefficient (Wildman–Crippen LogP) is 3.23. The molecule has 1 unspecified atom stereocenters. The van der Waals surface area contributed by atoms with Crippen LogP contribution in [0.25, 0.3) is 0 Å². The van der Waals surface area contributed by atoms with Crippen LogP contribution in [0.2, 0.25) is 0 Å². The summed E-state index contributed by atoms with van der Waals surface area (Å²) in [5, 5.41) is 5.95. The van der Waals surface area contributed by atoms with Gasteiger partial charge in [0.15, 0.2) is 0 Å². The summed E-state index contributed by atoms with van der Waals surface area (Å²) < 4.78 is 0. The number of anilines is 1. The molecule has 0 spiro atoms. The number of nitrogens with one attached hydrogen (secondary N) is 2. The lowest BCUT2D eigenvalue weighted by Crippen LogP contribution is -2.38. The predicted molar refractivity (Wildman–Crippen MR) is 103 cm³/mol. The van der Waals surface area contributed by atoms with Gasteiger partial charge >= 0.3 is 0 Å². The van der Waals surface area contributed by atoms with Crippen LogP contribution in [0.3, 0.4) is 0 Å². The smallest absolute Gasteiger partial charge is 0.256 e. The minimum absolute atomic E-state index is 0.103. The summed E-state index contributed by atoms with van der Waals surface area (Å²) in [7, 11) is 2.09. The third kappa shape index (κ3) is 3.34. The van der Waals surface area contributed by atoms with E-state index < -0.39 is 0 Å². The van der Waals surface area contributed by atoms with Crippen LogP contribution in [0.1, 0.15) is 33.6 Å². The molecule has 1 fully saturated rings. The van der Waals surface area contributed by atoms with Gasteiger partial charge in [0.1, 0.15) is 0 Å². The molecule has 0 aliphatic carbocycles. The Hall–Kier alpha value is -2.31. The van der Waals surface area contributed by atoms with E-state index in [1.165, 1.54) is 18.2 Å². The van der Waals surface area contributed by atoms with Crippen molar-refractivity contribution < 1.29 is 9.59 Å². The molecule has 4 rings (SSSR count). The Morgan fingerprint density at radius 2 is 2.12 bits per heavy atom. The number of amides is 2. The highest BCUT2D eigenvalue weighted by atomic mass is 32.2. The summed E-state index contributed by atoms with van der Waals surface area (Å²) in [6.07, 6.45) is 2.30. The summed E-state index contributed by atoms with van der Waals surface area (Å²) in [6, 6.07) is 13.4. The Bertz CT molecular complexity index is 868. The van der Waals surface area contributed by atoms with E-state index in [0.29, 0.717) is 29.4 Å². The van der Waals surface area contributed by atoms with Crippen molar-refractivity contribution in [2.75, 3.05) is 25.5 Å². The summed E-state index contributed by atoms with van der Waals surface area (Å²) in [5.74, 6) is -0.244. The van der Waals surface area contributed by atoms with Gasteiger partial charge in [-0.3, -0.25) is 9.59 Å². The Morgan fingerprint density at radius 1 is 1.27 bits per heavy atom. The molecule has 2 aromatic rings. The van der Waals surface area contributed by atoms with Crippen molar-refractivity contribution in [1.29, 1.82) is 0 Å². The lowest BCUT2D eigenvalue weighted by Gasteiger charge is -2.19.